The van der Waals surface area contributed by atoms with Gasteiger partial charge in [-0.1, -0.05) is 0 Å². The summed E-state index contributed by atoms with van der Waals surface area (Å²) in [6, 6.07) is 2.93. The molecule has 0 amide bonds. The number of hydrogen-bond acceptors (Lipinski definition) is 4. The third-order valence-electron chi connectivity index (χ3n) is 2.92. The van der Waals surface area contributed by atoms with Gasteiger partial charge in [0.15, 0.2) is 17.5 Å². The van der Waals surface area contributed by atoms with Crippen molar-refractivity contribution in [2.45, 2.75) is 6.18 Å². The molecule has 0 saturated carbocycles. The van der Waals surface area contributed by atoms with Crippen molar-refractivity contribution in [2.24, 2.45) is 0 Å². The van der Waals surface area contributed by atoms with E-state index in [1.807, 2.05) is 0 Å². The van der Waals surface area contributed by atoms with Crippen molar-refractivity contribution in [2.75, 3.05) is 7.11 Å². The number of halogens is 3. The Labute approximate surface area is 109 Å². The molecule has 0 bridgehead atoms. The van der Waals surface area contributed by atoms with Crippen LogP contribution in [0.15, 0.2) is 33.8 Å². The molecule has 20 heavy (non-hydrogen) atoms. The van der Waals surface area contributed by atoms with Crippen LogP contribution >= 0.6 is 0 Å². The molecule has 1 aromatic carbocycles. The molecule has 0 unspecified atom stereocenters. The number of alkyl halides is 3. The van der Waals surface area contributed by atoms with Crippen LogP contribution in [0.5, 0.6) is 0 Å². The molecule has 0 saturated heterocycles. The van der Waals surface area contributed by atoms with Crippen molar-refractivity contribution in [3.05, 3.63) is 40.5 Å². The van der Waals surface area contributed by atoms with E-state index in [2.05, 4.69) is 4.98 Å². The number of oxazole rings is 1. The maximum Gasteiger partial charge on any atom is 0.416 e. The van der Waals surface area contributed by atoms with Gasteiger partial charge in [0.25, 0.3) is 0 Å². The van der Waals surface area contributed by atoms with Crippen molar-refractivity contribution in [1.82, 2.24) is 9.71 Å². The summed E-state index contributed by atoms with van der Waals surface area (Å²) in [5.74, 6) is 0. The van der Waals surface area contributed by atoms with Gasteiger partial charge in [0, 0.05) is 5.39 Å². The minimum atomic E-state index is -4.49. The van der Waals surface area contributed by atoms with Gasteiger partial charge < -0.3 is 9.25 Å². The highest BCUT2D eigenvalue weighted by molar-refractivity contribution is 6.00. The summed E-state index contributed by atoms with van der Waals surface area (Å²) in [7, 11) is 1.24. The van der Waals surface area contributed by atoms with Gasteiger partial charge in [-0.05, 0) is 18.2 Å². The molecule has 104 valence electrons. The highest BCUT2D eigenvalue weighted by Crippen LogP contribution is 2.32. The predicted molar refractivity (Wildman–Crippen MR) is 63.3 cm³/mol. The first-order valence-electron chi connectivity index (χ1n) is 5.47. The fourth-order valence-electron chi connectivity index (χ4n) is 2.05. The first kappa shape index (κ1) is 12.5. The number of pyridine rings is 1. The molecule has 3 rings (SSSR count). The molecule has 0 radical (unpaired) electrons. The fourth-order valence-corrected chi connectivity index (χ4v) is 2.05. The standard InChI is InChI=1S/C12H7F3N2O3/c1-19-17-8-3-2-6(12(13,14)15)4-7(8)10-9(11(17)18)16-5-20-10/h2-5H,1H3. The van der Waals surface area contributed by atoms with Gasteiger partial charge in [-0.25, -0.2) is 4.98 Å². The molecule has 0 aliphatic rings. The van der Waals surface area contributed by atoms with Crippen LogP contribution in [0.25, 0.3) is 22.0 Å². The second-order valence-corrected chi connectivity index (χ2v) is 4.04. The number of hydrogen-bond donors (Lipinski definition) is 0. The Morgan fingerprint density at radius 3 is 2.75 bits per heavy atom. The zero-order chi connectivity index (χ0) is 14.5. The second kappa shape index (κ2) is 3.99. The van der Waals surface area contributed by atoms with Crippen LogP contribution in [-0.4, -0.2) is 16.8 Å². The molecule has 8 heteroatoms. The van der Waals surface area contributed by atoms with Gasteiger partial charge in [0.05, 0.1) is 11.1 Å². The molecule has 0 atom stereocenters. The number of fused-ring (bicyclic) bond motifs is 3. The number of rotatable bonds is 1. The Kier molecular flexibility index (Phi) is 2.50. The molecule has 5 nitrogen and oxygen atoms in total. The average Bonchev–Trinajstić information content (AvgIpc) is 2.87. The first-order chi connectivity index (χ1) is 9.43. The summed E-state index contributed by atoms with van der Waals surface area (Å²) in [6.07, 6.45) is -3.49. The summed E-state index contributed by atoms with van der Waals surface area (Å²) >= 11 is 0. The molecule has 2 aromatic heterocycles. The monoisotopic (exact) mass is 284 g/mol. The van der Waals surface area contributed by atoms with Gasteiger partial charge in [0.1, 0.15) is 7.11 Å². The van der Waals surface area contributed by atoms with Crippen molar-refractivity contribution >= 4 is 22.0 Å². The van der Waals surface area contributed by atoms with Gasteiger partial charge in [0.2, 0.25) is 0 Å². The van der Waals surface area contributed by atoms with E-state index in [0.29, 0.717) is 0 Å². The maximum absolute atomic E-state index is 12.8. The third kappa shape index (κ3) is 1.64. The van der Waals surface area contributed by atoms with E-state index in [0.717, 1.165) is 29.3 Å². The molecule has 0 aliphatic heterocycles. The summed E-state index contributed by atoms with van der Waals surface area (Å²) in [5, 5.41) is 0.105. The van der Waals surface area contributed by atoms with E-state index in [9.17, 15) is 18.0 Å². The van der Waals surface area contributed by atoms with Crippen LogP contribution in [0.4, 0.5) is 13.2 Å². The van der Waals surface area contributed by atoms with E-state index in [1.165, 1.54) is 7.11 Å². The zero-order valence-corrected chi connectivity index (χ0v) is 10.1. The smallest absolute Gasteiger partial charge is 0.416 e. The summed E-state index contributed by atoms with van der Waals surface area (Å²) in [5.41, 5.74) is -1.34. The molecule has 0 N–H and O–H groups in total. The van der Waals surface area contributed by atoms with Crippen molar-refractivity contribution in [1.29, 1.82) is 0 Å². The Morgan fingerprint density at radius 1 is 1.35 bits per heavy atom. The Balaban J connectivity index is 2.51. The van der Waals surface area contributed by atoms with E-state index >= 15 is 0 Å². The highest BCUT2D eigenvalue weighted by Gasteiger charge is 2.31. The van der Waals surface area contributed by atoms with Crippen molar-refractivity contribution in [3.8, 4) is 0 Å². The maximum atomic E-state index is 12.8. The Hall–Kier alpha value is -2.51. The van der Waals surface area contributed by atoms with E-state index in [-0.39, 0.29) is 22.0 Å². The first-order valence-corrected chi connectivity index (χ1v) is 5.47. The number of nitrogens with zero attached hydrogens (tertiary/aromatic N) is 2. The Morgan fingerprint density at radius 2 is 2.10 bits per heavy atom. The van der Waals surface area contributed by atoms with Crippen LogP contribution in [0.3, 0.4) is 0 Å². The molecule has 0 aliphatic carbocycles. The van der Waals surface area contributed by atoms with Gasteiger partial charge in [-0.15, -0.1) is 4.73 Å². The zero-order valence-electron chi connectivity index (χ0n) is 10.1. The summed E-state index contributed by atoms with van der Waals surface area (Å²) < 4.78 is 44.2. The summed E-state index contributed by atoms with van der Waals surface area (Å²) in [4.78, 5) is 20.6. The van der Waals surface area contributed by atoms with Gasteiger partial charge >= 0.3 is 11.7 Å². The van der Waals surface area contributed by atoms with Gasteiger partial charge in [-0.3, -0.25) is 4.79 Å². The molecule has 3 aromatic rings. The fraction of sp³-hybridized carbons (Fsp3) is 0.167. The SMILES string of the molecule is COn1c(=O)c2ncoc2c2cc(C(F)(F)F)ccc21. The minimum Gasteiger partial charge on any atom is -0.443 e. The van der Waals surface area contributed by atoms with E-state index in [1.54, 1.807) is 0 Å². The largest absolute Gasteiger partial charge is 0.443 e. The Bertz CT molecular complexity index is 864. The van der Waals surface area contributed by atoms with Crippen LogP contribution in [-0.2, 0) is 6.18 Å². The van der Waals surface area contributed by atoms with E-state index in [4.69, 9.17) is 9.25 Å². The van der Waals surface area contributed by atoms with Crippen LogP contribution in [0.2, 0.25) is 0 Å². The summed E-state index contributed by atoms with van der Waals surface area (Å²) in [6.45, 7) is 0. The minimum absolute atomic E-state index is 0.00407. The molecular formula is C12H7F3N2O3. The van der Waals surface area contributed by atoms with E-state index < -0.39 is 17.3 Å². The molecule has 0 fully saturated rings. The topological polar surface area (TPSA) is 57.3 Å². The second-order valence-electron chi connectivity index (χ2n) is 4.04. The van der Waals surface area contributed by atoms with Crippen molar-refractivity contribution in [3.63, 3.8) is 0 Å². The molecule has 2 heterocycles. The lowest BCUT2D eigenvalue weighted by Crippen LogP contribution is -2.25. The van der Waals surface area contributed by atoms with Crippen molar-refractivity contribution < 1.29 is 22.4 Å². The highest BCUT2D eigenvalue weighted by atomic mass is 19.4. The lowest BCUT2D eigenvalue weighted by Gasteiger charge is -2.11. The molecular weight excluding hydrogens is 277 g/mol. The number of benzene rings is 1. The quantitative estimate of drug-likeness (QED) is 0.687. The van der Waals surface area contributed by atoms with Crippen LogP contribution in [0, 0.1) is 0 Å². The normalized spacial score (nSPS) is 12.2. The lowest BCUT2D eigenvalue weighted by atomic mass is 10.1. The number of aromatic nitrogens is 2. The van der Waals surface area contributed by atoms with Gasteiger partial charge in [-0.2, -0.15) is 13.2 Å². The molecule has 0 spiro atoms. The third-order valence-corrected chi connectivity index (χ3v) is 2.92. The predicted octanol–water partition coefficient (Wildman–Crippen LogP) is 2.22. The lowest BCUT2D eigenvalue weighted by molar-refractivity contribution is -0.137. The average molecular weight is 284 g/mol. The van der Waals surface area contributed by atoms with Crippen LogP contribution in [0.1, 0.15) is 5.56 Å². The van der Waals surface area contributed by atoms with Crippen LogP contribution < -0.4 is 10.4 Å².